The number of aryl methyl sites for hydroxylation is 1. The number of anilines is 1. The Morgan fingerprint density at radius 1 is 1.06 bits per heavy atom. The number of hydrogen-bond acceptors (Lipinski definition) is 7. The molecule has 7 rings (SSSR count). The Balaban J connectivity index is 1.11. The van der Waals surface area contributed by atoms with Gasteiger partial charge in [-0.05, 0) is 75.8 Å². The van der Waals surface area contributed by atoms with E-state index in [2.05, 4.69) is 44.7 Å². The van der Waals surface area contributed by atoms with Crippen LogP contribution in [0.4, 0.5) is 5.69 Å². The van der Waals surface area contributed by atoms with E-state index in [1.807, 2.05) is 13.1 Å². The summed E-state index contributed by atoms with van der Waals surface area (Å²) >= 11 is 0. The molecule has 4 aliphatic rings. The third-order valence-corrected chi connectivity index (χ3v) is 8.29. The van der Waals surface area contributed by atoms with E-state index in [0.29, 0.717) is 11.3 Å². The van der Waals surface area contributed by atoms with Gasteiger partial charge in [0, 0.05) is 42.3 Å². The van der Waals surface area contributed by atoms with Crippen LogP contribution >= 0.6 is 0 Å². The van der Waals surface area contributed by atoms with Crippen molar-refractivity contribution in [2.24, 2.45) is 5.41 Å². The van der Waals surface area contributed by atoms with Gasteiger partial charge in [0.25, 0.3) is 0 Å². The largest absolute Gasteiger partial charge is 0.440 e. The molecule has 7 nitrogen and oxygen atoms in total. The molecule has 2 aromatic heterocycles. The fourth-order valence-electron chi connectivity index (χ4n) is 5.99. The minimum absolute atomic E-state index is 0.109. The Bertz CT molecular complexity index is 1090. The van der Waals surface area contributed by atoms with E-state index < -0.39 is 0 Å². The van der Waals surface area contributed by atoms with Crippen LogP contribution in [0.1, 0.15) is 74.9 Å². The summed E-state index contributed by atoms with van der Waals surface area (Å²) in [5, 5.41) is 7.78. The van der Waals surface area contributed by atoms with Gasteiger partial charge in [0.05, 0.1) is 6.20 Å². The maximum absolute atomic E-state index is 6.15. The van der Waals surface area contributed by atoms with Gasteiger partial charge in [0.2, 0.25) is 5.89 Å². The van der Waals surface area contributed by atoms with E-state index in [-0.39, 0.29) is 5.41 Å². The van der Waals surface area contributed by atoms with Crippen LogP contribution in [0.5, 0.6) is 0 Å². The van der Waals surface area contributed by atoms with Crippen LogP contribution in [-0.2, 0) is 10.2 Å². The highest BCUT2D eigenvalue weighted by molar-refractivity contribution is 5.63. The highest BCUT2D eigenvalue weighted by Gasteiger charge is 2.51. The second kappa shape index (κ2) is 8.28. The molecule has 3 heterocycles. The molecule has 3 saturated carbocycles. The van der Waals surface area contributed by atoms with Crippen LogP contribution in [0.2, 0.25) is 0 Å². The normalized spacial score (nSPS) is 27.7. The zero-order valence-electron chi connectivity index (χ0n) is 19.3. The molecule has 1 aliphatic heterocycles. The first-order valence-electron chi connectivity index (χ1n) is 12.3. The number of nitrogens with one attached hydrogen (secondary N) is 1. The van der Waals surface area contributed by atoms with Crippen LogP contribution in [0.15, 0.2) is 39.4 Å². The zero-order chi connectivity index (χ0) is 22.3. The van der Waals surface area contributed by atoms with Crippen molar-refractivity contribution < 1.29 is 13.7 Å². The Kier molecular flexibility index (Phi) is 5.24. The lowest BCUT2D eigenvalue weighted by Crippen LogP contribution is -2.47. The van der Waals surface area contributed by atoms with E-state index in [4.69, 9.17) is 13.7 Å². The first-order chi connectivity index (χ1) is 16.1. The van der Waals surface area contributed by atoms with Crippen molar-refractivity contribution in [2.45, 2.75) is 69.6 Å². The predicted octanol–water partition coefficient (Wildman–Crippen LogP) is 5.63. The van der Waals surface area contributed by atoms with Gasteiger partial charge in [-0.25, -0.2) is 4.98 Å². The van der Waals surface area contributed by atoms with Crippen LogP contribution in [-0.4, -0.2) is 34.9 Å². The fraction of sp³-hybridized carbons (Fsp3) is 0.577. The molecule has 4 fully saturated rings. The molecule has 1 aromatic carbocycles. The molecule has 3 aromatic rings. The Hall–Kier alpha value is -2.67. The minimum Gasteiger partial charge on any atom is -0.440 e. The molecule has 2 bridgehead atoms. The number of rotatable bonds is 6. The molecule has 0 radical (unpaired) electrons. The lowest BCUT2D eigenvalue weighted by molar-refractivity contribution is 0.0322. The second-order valence-corrected chi connectivity index (χ2v) is 10.3. The third kappa shape index (κ3) is 3.97. The maximum atomic E-state index is 6.15. The van der Waals surface area contributed by atoms with E-state index in [0.717, 1.165) is 86.5 Å². The van der Waals surface area contributed by atoms with Crippen molar-refractivity contribution >= 4 is 5.69 Å². The molecule has 7 heteroatoms. The molecule has 1 N–H and O–H groups in total. The van der Waals surface area contributed by atoms with E-state index in [9.17, 15) is 0 Å². The summed E-state index contributed by atoms with van der Waals surface area (Å²) in [7, 11) is 0. The SMILES string of the molecule is Cc1noc(C23CCC(CNc4cccc(-c5cnc(C6CCOCC6)o5)c4)(CC2)CC3)n1. The molecular formula is C26H32N4O3. The molecule has 0 unspecified atom stereocenters. The van der Waals surface area contributed by atoms with Gasteiger partial charge in [0.15, 0.2) is 17.5 Å². The van der Waals surface area contributed by atoms with Crippen LogP contribution in [0, 0.1) is 12.3 Å². The predicted molar refractivity (Wildman–Crippen MR) is 124 cm³/mol. The second-order valence-electron chi connectivity index (χ2n) is 10.3. The summed E-state index contributed by atoms with van der Waals surface area (Å²) in [4.78, 5) is 9.14. The van der Waals surface area contributed by atoms with Crippen molar-refractivity contribution in [1.82, 2.24) is 15.1 Å². The average Bonchev–Trinajstić information content (AvgIpc) is 3.55. The standard InChI is InChI=1S/C26H32N4O3/c1-18-29-24(33-30-18)26-10-7-25(8-11-26,9-12-26)17-28-21-4-2-3-20(15-21)22-16-27-23(32-22)19-5-13-31-14-6-19/h2-4,15-16,19,28H,5-14,17H2,1H3. The van der Waals surface area contributed by atoms with E-state index in [1.165, 1.54) is 19.3 Å². The Morgan fingerprint density at radius 3 is 2.58 bits per heavy atom. The monoisotopic (exact) mass is 448 g/mol. The molecule has 174 valence electrons. The number of benzene rings is 1. The summed E-state index contributed by atoms with van der Waals surface area (Å²) in [6.45, 7) is 4.49. The van der Waals surface area contributed by atoms with Gasteiger partial charge in [-0.2, -0.15) is 4.98 Å². The zero-order valence-corrected chi connectivity index (χ0v) is 19.3. The molecule has 33 heavy (non-hydrogen) atoms. The van der Waals surface area contributed by atoms with Crippen LogP contribution in [0.3, 0.4) is 0 Å². The molecule has 3 aliphatic carbocycles. The fourth-order valence-corrected chi connectivity index (χ4v) is 5.99. The minimum atomic E-state index is 0.109. The number of fused-ring (bicyclic) bond motifs is 3. The molecule has 0 spiro atoms. The van der Waals surface area contributed by atoms with Crippen molar-refractivity contribution in [3.05, 3.63) is 48.1 Å². The Morgan fingerprint density at radius 2 is 1.85 bits per heavy atom. The van der Waals surface area contributed by atoms with Crippen molar-refractivity contribution in [3.63, 3.8) is 0 Å². The number of hydrogen-bond donors (Lipinski definition) is 1. The van der Waals surface area contributed by atoms with Gasteiger partial charge in [-0.15, -0.1) is 0 Å². The first-order valence-corrected chi connectivity index (χ1v) is 12.3. The van der Waals surface area contributed by atoms with Crippen molar-refractivity contribution in [2.75, 3.05) is 25.1 Å². The van der Waals surface area contributed by atoms with Gasteiger partial charge in [-0.1, -0.05) is 17.3 Å². The van der Waals surface area contributed by atoms with E-state index in [1.54, 1.807) is 0 Å². The van der Waals surface area contributed by atoms with Crippen LogP contribution < -0.4 is 5.32 Å². The lowest BCUT2D eigenvalue weighted by atomic mass is 9.53. The van der Waals surface area contributed by atoms with Gasteiger partial charge >= 0.3 is 0 Å². The molecule has 0 amide bonds. The lowest BCUT2D eigenvalue weighted by Gasteiger charge is -2.52. The summed E-state index contributed by atoms with van der Waals surface area (Å²) in [5.41, 5.74) is 2.68. The molecule has 1 saturated heterocycles. The molecule has 0 atom stereocenters. The van der Waals surface area contributed by atoms with Gasteiger partial charge in [-0.3, -0.25) is 0 Å². The van der Waals surface area contributed by atoms with Crippen molar-refractivity contribution in [3.8, 4) is 11.3 Å². The first kappa shape index (κ1) is 20.9. The summed E-state index contributed by atoms with van der Waals surface area (Å²) in [6, 6.07) is 8.52. The number of nitrogens with zero attached hydrogens (tertiary/aromatic N) is 3. The third-order valence-electron chi connectivity index (χ3n) is 8.29. The summed E-state index contributed by atoms with van der Waals surface area (Å²) in [5.74, 6) is 3.66. The highest BCUT2D eigenvalue weighted by atomic mass is 16.5. The number of oxazole rings is 1. The van der Waals surface area contributed by atoms with E-state index >= 15 is 0 Å². The smallest absolute Gasteiger partial charge is 0.232 e. The topological polar surface area (TPSA) is 86.2 Å². The number of aromatic nitrogens is 3. The average molecular weight is 449 g/mol. The van der Waals surface area contributed by atoms with Gasteiger partial charge < -0.3 is 19.0 Å². The highest BCUT2D eigenvalue weighted by Crippen LogP contribution is 2.57. The Labute approximate surface area is 194 Å². The number of ether oxygens (including phenoxy) is 1. The summed E-state index contributed by atoms with van der Waals surface area (Å²) < 4.78 is 17.2. The molecular weight excluding hydrogens is 416 g/mol. The maximum Gasteiger partial charge on any atom is 0.232 e. The van der Waals surface area contributed by atoms with Crippen LogP contribution in [0.25, 0.3) is 11.3 Å². The van der Waals surface area contributed by atoms with Gasteiger partial charge in [0.1, 0.15) is 0 Å². The van der Waals surface area contributed by atoms with Crippen molar-refractivity contribution in [1.29, 1.82) is 0 Å². The quantitative estimate of drug-likeness (QED) is 0.523. The summed E-state index contributed by atoms with van der Waals surface area (Å²) in [6.07, 6.45) is 10.9.